The van der Waals surface area contributed by atoms with Gasteiger partial charge in [-0.1, -0.05) is 76.6 Å². The normalized spacial score (nSPS) is 23.8. The monoisotopic (exact) mass is 325 g/mol. The third-order valence-electron chi connectivity index (χ3n) is 5.96. The lowest BCUT2D eigenvalue weighted by Crippen LogP contribution is -2.30. The number of hydrogen-bond acceptors (Lipinski definition) is 1. The summed E-state index contributed by atoms with van der Waals surface area (Å²) in [6.45, 7) is 4.52. The highest BCUT2D eigenvalue weighted by Crippen LogP contribution is 2.42. The zero-order valence-corrected chi connectivity index (χ0v) is 15.8. The van der Waals surface area contributed by atoms with Crippen LogP contribution in [-0.2, 0) is 11.8 Å². The molecule has 0 aromatic heterocycles. The van der Waals surface area contributed by atoms with Crippen molar-refractivity contribution in [2.75, 3.05) is 0 Å². The molecular weight excluding hydrogens is 290 g/mol. The zero-order chi connectivity index (χ0) is 17.3. The number of unbranched alkanes of at least 4 members (excludes halogenated alkanes) is 4. The number of nitriles is 1. The Morgan fingerprint density at radius 2 is 1.58 bits per heavy atom. The first-order chi connectivity index (χ1) is 11.7. The smallest absolute Gasteiger partial charge is 0.0822 e. The van der Waals surface area contributed by atoms with Crippen LogP contribution in [0.3, 0.4) is 0 Å². The van der Waals surface area contributed by atoms with Gasteiger partial charge in [0.2, 0.25) is 0 Å². The predicted molar refractivity (Wildman–Crippen MR) is 103 cm³/mol. The summed E-state index contributed by atoms with van der Waals surface area (Å²) in [5, 5.41) is 9.89. The molecule has 2 rings (SSSR count). The molecule has 0 N–H and O–H groups in total. The first-order valence-corrected chi connectivity index (χ1v) is 10.2. The van der Waals surface area contributed by atoms with Gasteiger partial charge < -0.3 is 0 Å². The van der Waals surface area contributed by atoms with Crippen molar-refractivity contribution in [3.63, 3.8) is 0 Å². The maximum absolute atomic E-state index is 9.89. The first-order valence-electron chi connectivity index (χ1n) is 10.2. The van der Waals surface area contributed by atoms with E-state index in [1.165, 1.54) is 75.3 Å². The minimum absolute atomic E-state index is 0.219. The highest BCUT2D eigenvalue weighted by molar-refractivity contribution is 5.35. The fourth-order valence-corrected chi connectivity index (χ4v) is 4.18. The van der Waals surface area contributed by atoms with Crippen molar-refractivity contribution in [2.24, 2.45) is 5.92 Å². The molecule has 132 valence electrons. The Labute approximate surface area is 149 Å². The number of nitrogens with zero attached hydrogens (tertiary/aromatic N) is 1. The van der Waals surface area contributed by atoms with Crippen molar-refractivity contribution in [1.29, 1.82) is 5.26 Å². The van der Waals surface area contributed by atoms with Gasteiger partial charge in [-0.05, 0) is 55.6 Å². The van der Waals surface area contributed by atoms with E-state index in [-0.39, 0.29) is 5.41 Å². The molecule has 1 aliphatic rings. The Balaban J connectivity index is 1.92. The van der Waals surface area contributed by atoms with E-state index in [2.05, 4.69) is 44.2 Å². The van der Waals surface area contributed by atoms with Crippen molar-refractivity contribution in [2.45, 2.75) is 96.3 Å². The van der Waals surface area contributed by atoms with E-state index < -0.39 is 0 Å². The second-order valence-corrected chi connectivity index (χ2v) is 7.79. The molecule has 1 aromatic carbocycles. The van der Waals surface area contributed by atoms with Gasteiger partial charge in [-0.15, -0.1) is 0 Å². The molecule has 1 aliphatic carbocycles. The molecule has 0 spiro atoms. The summed E-state index contributed by atoms with van der Waals surface area (Å²) < 4.78 is 0. The topological polar surface area (TPSA) is 23.8 Å². The average molecular weight is 326 g/mol. The lowest BCUT2D eigenvalue weighted by atomic mass is 9.66. The number of benzene rings is 1. The van der Waals surface area contributed by atoms with Crippen molar-refractivity contribution < 1.29 is 0 Å². The van der Waals surface area contributed by atoms with Crippen LogP contribution in [0, 0.1) is 17.2 Å². The van der Waals surface area contributed by atoms with E-state index in [1.807, 2.05) is 0 Å². The molecule has 0 aliphatic heterocycles. The van der Waals surface area contributed by atoms with Gasteiger partial charge in [-0.2, -0.15) is 5.26 Å². The maximum atomic E-state index is 9.89. The van der Waals surface area contributed by atoms with Crippen LogP contribution in [0.5, 0.6) is 0 Å². The van der Waals surface area contributed by atoms with Gasteiger partial charge in [0.1, 0.15) is 0 Å². The van der Waals surface area contributed by atoms with Crippen LogP contribution in [0.1, 0.15) is 95.6 Å². The highest BCUT2D eigenvalue weighted by Gasteiger charge is 2.36. The molecule has 0 radical (unpaired) electrons. The highest BCUT2D eigenvalue weighted by atomic mass is 14.4. The number of rotatable bonds is 9. The maximum Gasteiger partial charge on any atom is 0.0822 e. The van der Waals surface area contributed by atoms with E-state index in [0.29, 0.717) is 0 Å². The standard InChI is InChI=1S/C23H35N/c1-3-5-7-9-20-11-13-22(14-12-20)23(19-24)17-15-21(16-18-23)10-8-6-4-2/h11-14,21H,3-10,15-18H2,1-2H3. The van der Waals surface area contributed by atoms with Crippen LogP contribution in [0.2, 0.25) is 0 Å². The molecule has 1 fully saturated rings. The van der Waals surface area contributed by atoms with Gasteiger partial charge >= 0.3 is 0 Å². The third-order valence-corrected chi connectivity index (χ3v) is 5.96. The fourth-order valence-electron chi connectivity index (χ4n) is 4.18. The van der Waals surface area contributed by atoms with Crippen molar-refractivity contribution >= 4 is 0 Å². The van der Waals surface area contributed by atoms with Gasteiger partial charge in [-0.3, -0.25) is 0 Å². The Morgan fingerprint density at radius 1 is 0.958 bits per heavy atom. The summed E-state index contributed by atoms with van der Waals surface area (Å²) >= 11 is 0. The second kappa shape index (κ2) is 9.87. The molecule has 1 heteroatoms. The zero-order valence-electron chi connectivity index (χ0n) is 15.8. The first kappa shape index (κ1) is 19.0. The van der Waals surface area contributed by atoms with Crippen LogP contribution in [0.25, 0.3) is 0 Å². The summed E-state index contributed by atoms with van der Waals surface area (Å²) in [5.41, 5.74) is 2.47. The lowest BCUT2D eigenvalue weighted by Gasteiger charge is -2.35. The molecule has 0 saturated heterocycles. The molecule has 0 bridgehead atoms. The van der Waals surface area contributed by atoms with Gasteiger partial charge in [0.05, 0.1) is 11.5 Å². The van der Waals surface area contributed by atoms with E-state index in [4.69, 9.17) is 0 Å². The minimum Gasteiger partial charge on any atom is -0.197 e. The molecule has 1 saturated carbocycles. The Bertz CT molecular complexity index is 500. The molecule has 0 unspecified atom stereocenters. The van der Waals surface area contributed by atoms with Gasteiger partial charge in [0, 0.05) is 0 Å². The van der Waals surface area contributed by atoms with Gasteiger partial charge in [0.25, 0.3) is 0 Å². The second-order valence-electron chi connectivity index (χ2n) is 7.79. The fraction of sp³-hybridized carbons (Fsp3) is 0.696. The van der Waals surface area contributed by atoms with Crippen LogP contribution in [0.4, 0.5) is 0 Å². The van der Waals surface area contributed by atoms with Crippen molar-refractivity contribution in [3.05, 3.63) is 35.4 Å². The van der Waals surface area contributed by atoms with Crippen LogP contribution in [-0.4, -0.2) is 0 Å². The average Bonchev–Trinajstić information content (AvgIpc) is 2.63. The van der Waals surface area contributed by atoms with Crippen molar-refractivity contribution in [3.8, 4) is 6.07 Å². The molecular formula is C23H35N. The molecule has 0 heterocycles. The SMILES string of the molecule is CCCCCc1ccc(C2(C#N)CCC(CCCCC)CC2)cc1. The van der Waals surface area contributed by atoms with E-state index >= 15 is 0 Å². The van der Waals surface area contributed by atoms with E-state index in [9.17, 15) is 5.26 Å². The van der Waals surface area contributed by atoms with E-state index in [1.54, 1.807) is 0 Å². The van der Waals surface area contributed by atoms with Crippen LogP contribution < -0.4 is 0 Å². The largest absolute Gasteiger partial charge is 0.197 e. The molecule has 0 amide bonds. The Kier molecular flexibility index (Phi) is 7.83. The summed E-state index contributed by atoms with van der Waals surface area (Å²) in [5.74, 6) is 0.853. The molecule has 1 aromatic rings. The summed E-state index contributed by atoms with van der Waals surface area (Å²) in [4.78, 5) is 0. The van der Waals surface area contributed by atoms with Gasteiger partial charge in [0.15, 0.2) is 0 Å². The lowest BCUT2D eigenvalue weighted by molar-refractivity contribution is 0.261. The summed E-state index contributed by atoms with van der Waals surface area (Å²) in [6, 6.07) is 11.7. The summed E-state index contributed by atoms with van der Waals surface area (Å²) in [6.07, 6.45) is 15.0. The van der Waals surface area contributed by atoms with Crippen LogP contribution in [0.15, 0.2) is 24.3 Å². The predicted octanol–water partition coefficient (Wildman–Crippen LogP) is 6.95. The number of hydrogen-bond donors (Lipinski definition) is 0. The third kappa shape index (κ3) is 5.10. The van der Waals surface area contributed by atoms with Crippen LogP contribution >= 0.6 is 0 Å². The van der Waals surface area contributed by atoms with Gasteiger partial charge in [-0.25, -0.2) is 0 Å². The Morgan fingerprint density at radius 3 is 2.17 bits per heavy atom. The molecule has 0 atom stereocenters. The van der Waals surface area contributed by atoms with Crippen molar-refractivity contribution in [1.82, 2.24) is 0 Å². The Hall–Kier alpha value is -1.29. The molecule has 24 heavy (non-hydrogen) atoms. The summed E-state index contributed by atoms with van der Waals surface area (Å²) in [7, 11) is 0. The minimum atomic E-state index is -0.219. The molecule has 1 nitrogen and oxygen atoms in total. The quantitative estimate of drug-likeness (QED) is 0.450. The number of aryl methyl sites for hydroxylation is 1. The van der Waals surface area contributed by atoms with E-state index in [0.717, 1.165) is 18.8 Å².